The van der Waals surface area contributed by atoms with E-state index in [9.17, 15) is 9.59 Å². The average Bonchev–Trinajstić information content (AvgIpc) is 1.87. The zero-order chi connectivity index (χ0) is 7.28. The van der Waals surface area contributed by atoms with Crippen LogP contribution in [0.1, 0.15) is 19.8 Å². The van der Waals surface area contributed by atoms with Crippen LogP contribution in [0.4, 0.5) is 0 Å². The minimum atomic E-state index is -0.191. The number of hydrogen-bond acceptors (Lipinski definition) is 2. The van der Waals surface area contributed by atoms with Crippen LogP contribution < -0.4 is 0 Å². The SMILES string of the molecule is CCC(=O)CC(=O)CCl. The maximum absolute atomic E-state index is 10.5. The van der Waals surface area contributed by atoms with Crippen molar-refractivity contribution in [3.8, 4) is 0 Å². The molecule has 0 aliphatic carbocycles. The zero-order valence-corrected chi connectivity index (χ0v) is 6.07. The molecule has 0 aromatic rings. The smallest absolute Gasteiger partial charge is 0.154 e. The van der Waals surface area contributed by atoms with Gasteiger partial charge in [0.05, 0.1) is 12.3 Å². The van der Waals surface area contributed by atoms with Crippen molar-refractivity contribution in [1.29, 1.82) is 0 Å². The molecule has 0 aromatic carbocycles. The zero-order valence-electron chi connectivity index (χ0n) is 5.32. The Morgan fingerprint density at radius 1 is 1.33 bits per heavy atom. The van der Waals surface area contributed by atoms with E-state index in [-0.39, 0.29) is 23.9 Å². The summed E-state index contributed by atoms with van der Waals surface area (Å²) in [6, 6.07) is 0. The van der Waals surface area contributed by atoms with Crippen LogP contribution in [-0.2, 0) is 9.59 Å². The predicted molar refractivity (Wildman–Crippen MR) is 35.6 cm³/mol. The second-order valence-electron chi connectivity index (χ2n) is 1.74. The van der Waals surface area contributed by atoms with Gasteiger partial charge in [0.1, 0.15) is 5.78 Å². The highest BCUT2D eigenvalue weighted by molar-refractivity contribution is 6.29. The molecule has 0 saturated heterocycles. The number of halogens is 1. The van der Waals surface area contributed by atoms with Crippen LogP contribution in [-0.4, -0.2) is 17.4 Å². The van der Waals surface area contributed by atoms with E-state index in [1.165, 1.54) is 0 Å². The van der Waals surface area contributed by atoms with E-state index < -0.39 is 0 Å². The number of ketones is 2. The second kappa shape index (κ2) is 4.50. The van der Waals surface area contributed by atoms with Gasteiger partial charge in [-0.05, 0) is 0 Å². The fourth-order valence-electron chi connectivity index (χ4n) is 0.392. The number of Topliss-reactive ketones (excluding diaryl/α,β-unsaturated/α-hetero) is 2. The summed E-state index contributed by atoms with van der Waals surface area (Å²) in [4.78, 5) is 20.9. The summed E-state index contributed by atoms with van der Waals surface area (Å²) in [5.41, 5.74) is 0. The van der Waals surface area contributed by atoms with Crippen LogP contribution in [0.3, 0.4) is 0 Å². The van der Waals surface area contributed by atoms with Gasteiger partial charge in [0, 0.05) is 6.42 Å². The molecule has 0 amide bonds. The van der Waals surface area contributed by atoms with Crippen LogP contribution in [0, 0.1) is 0 Å². The molecule has 0 atom stereocenters. The van der Waals surface area contributed by atoms with E-state index in [0.717, 1.165) is 0 Å². The monoisotopic (exact) mass is 148 g/mol. The minimum absolute atomic E-state index is 0.000000000000000222. The number of alkyl halides is 1. The normalized spacial score (nSPS) is 9.11. The first-order chi connectivity index (χ1) is 4.20. The van der Waals surface area contributed by atoms with Crippen molar-refractivity contribution in [2.24, 2.45) is 0 Å². The molecule has 0 rings (SSSR count). The Labute approximate surface area is 59.2 Å². The van der Waals surface area contributed by atoms with Gasteiger partial charge in [0.25, 0.3) is 0 Å². The van der Waals surface area contributed by atoms with Crippen molar-refractivity contribution in [2.75, 3.05) is 5.88 Å². The maximum Gasteiger partial charge on any atom is 0.154 e. The van der Waals surface area contributed by atoms with Crippen molar-refractivity contribution >= 4 is 23.2 Å². The lowest BCUT2D eigenvalue weighted by Crippen LogP contribution is -2.06. The fraction of sp³-hybridized carbons (Fsp3) is 0.667. The summed E-state index contributed by atoms with van der Waals surface area (Å²) in [6.45, 7) is 1.73. The molecule has 0 spiro atoms. The Bertz CT molecular complexity index is 106. The molecule has 0 saturated carbocycles. The lowest BCUT2D eigenvalue weighted by molar-refractivity contribution is -0.125. The Morgan fingerprint density at radius 2 is 1.89 bits per heavy atom. The Morgan fingerprint density at radius 3 is 2.22 bits per heavy atom. The molecular formula is C6H9ClO2. The van der Waals surface area contributed by atoms with E-state index >= 15 is 0 Å². The van der Waals surface area contributed by atoms with Gasteiger partial charge >= 0.3 is 0 Å². The molecule has 52 valence electrons. The Kier molecular flexibility index (Phi) is 4.32. The quantitative estimate of drug-likeness (QED) is 0.443. The van der Waals surface area contributed by atoms with Gasteiger partial charge in [-0.1, -0.05) is 6.92 Å². The molecule has 0 bridgehead atoms. The largest absolute Gasteiger partial charge is 0.299 e. The van der Waals surface area contributed by atoms with Crippen molar-refractivity contribution in [3.05, 3.63) is 0 Å². The van der Waals surface area contributed by atoms with Crippen molar-refractivity contribution < 1.29 is 9.59 Å². The molecule has 2 nitrogen and oxygen atoms in total. The van der Waals surface area contributed by atoms with Crippen LogP contribution in [0.5, 0.6) is 0 Å². The third kappa shape index (κ3) is 4.15. The molecule has 0 aromatic heterocycles. The van der Waals surface area contributed by atoms with E-state index in [1.54, 1.807) is 6.92 Å². The van der Waals surface area contributed by atoms with Crippen LogP contribution in [0.15, 0.2) is 0 Å². The summed E-state index contributed by atoms with van der Waals surface area (Å²) in [7, 11) is 0. The minimum Gasteiger partial charge on any atom is -0.299 e. The Hall–Kier alpha value is -0.370. The highest BCUT2D eigenvalue weighted by Gasteiger charge is 2.04. The molecule has 3 heteroatoms. The molecule has 0 radical (unpaired) electrons. The predicted octanol–water partition coefficient (Wildman–Crippen LogP) is 1.16. The van der Waals surface area contributed by atoms with Crippen molar-refractivity contribution in [1.82, 2.24) is 0 Å². The summed E-state index contributed by atoms with van der Waals surface area (Å²) in [6.07, 6.45) is 0.419. The molecule has 9 heavy (non-hydrogen) atoms. The fourth-order valence-corrected chi connectivity index (χ4v) is 0.487. The van der Waals surface area contributed by atoms with Crippen LogP contribution in [0.25, 0.3) is 0 Å². The van der Waals surface area contributed by atoms with Gasteiger partial charge in [-0.2, -0.15) is 0 Å². The van der Waals surface area contributed by atoms with E-state index in [1.807, 2.05) is 0 Å². The van der Waals surface area contributed by atoms with Crippen molar-refractivity contribution in [2.45, 2.75) is 19.8 Å². The summed E-state index contributed by atoms with van der Waals surface area (Å²) >= 11 is 5.15. The first kappa shape index (κ1) is 8.63. The summed E-state index contributed by atoms with van der Waals surface area (Å²) in [5.74, 6) is -0.282. The third-order valence-electron chi connectivity index (χ3n) is 0.938. The van der Waals surface area contributed by atoms with Crippen LogP contribution >= 0.6 is 11.6 Å². The van der Waals surface area contributed by atoms with Crippen molar-refractivity contribution in [3.63, 3.8) is 0 Å². The topological polar surface area (TPSA) is 34.1 Å². The first-order valence-electron chi connectivity index (χ1n) is 2.80. The highest BCUT2D eigenvalue weighted by atomic mass is 35.5. The molecule has 0 aliphatic rings. The van der Waals surface area contributed by atoms with Gasteiger partial charge in [-0.15, -0.1) is 11.6 Å². The lowest BCUT2D eigenvalue weighted by atomic mass is 10.2. The van der Waals surface area contributed by atoms with E-state index in [0.29, 0.717) is 6.42 Å². The van der Waals surface area contributed by atoms with Gasteiger partial charge < -0.3 is 0 Å². The summed E-state index contributed by atoms with van der Waals surface area (Å²) in [5, 5.41) is 0. The number of carbonyl (C=O) groups is 2. The van der Waals surface area contributed by atoms with E-state index in [4.69, 9.17) is 11.6 Å². The van der Waals surface area contributed by atoms with Gasteiger partial charge in [-0.25, -0.2) is 0 Å². The van der Waals surface area contributed by atoms with E-state index in [2.05, 4.69) is 0 Å². The third-order valence-corrected chi connectivity index (χ3v) is 1.24. The molecule has 0 N–H and O–H groups in total. The van der Waals surface area contributed by atoms with Gasteiger partial charge in [-0.3, -0.25) is 9.59 Å². The number of rotatable bonds is 4. The maximum atomic E-state index is 10.5. The molecule has 0 fully saturated rings. The Balaban J connectivity index is 3.47. The lowest BCUT2D eigenvalue weighted by Gasteiger charge is -1.90. The molecule has 0 aliphatic heterocycles. The standard InChI is InChI=1S/C6H9ClO2/c1-2-5(8)3-6(9)4-7/h2-4H2,1H3. The number of hydrogen-bond donors (Lipinski definition) is 0. The van der Waals surface area contributed by atoms with Gasteiger partial charge in [0.15, 0.2) is 5.78 Å². The van der Waals surface area contributed by atoms with Crippen LogP contribution in [0.2, 0.25) is 0 Å². The second-order valence-corrected chi connectivity index (χ2v) is 2.01. The molecule has 0 heterocycles. The average molecular weight is 149 g/mol. The number of carbonyl (C=O) groups excluding carboxylic acids is 2. The van der Waals surface area contributed by atoms with Gasteiger partial charge in [0.2, 0.25) is 0 Å². The molecule has 0 unspecified atom stereocenters. The molecular weight excluding hydrogens is 140 g/mol. The summed E-state index contributed by atoms with van der Waals surface area (Å²) < 4.78 is 0. The highest BCUT2D eigenvalue weighted by Crippen LogP contribution is 1.91. The first-order valence-corrected chi connectivity index (χ1v) is 3.33.